The Morgan fingerprint density at radius 1 is 1.86 bits per heavy atom. The molecule has 0 aromatic carbocycles. The summed E-state index contributed by atoms with van der Waals surface area (Å²) in [4.78, 5) is 3.95. The van der Waals surface area contributed by atoms with Crippen molar-refractivity contribution in [2.45, 2.75) is 0 Å². The average molecular weight is 107 g/mol. The summed E-state index contributed by atoms with van der Waals surface area (Å²) in [7, 11) is 0. The average Bonchev–Trinajstić information content (AvgIpc) is 1.61. The Morgan fingerprint density at radius 2 is 2.43 bits per heavy atom. The maximum Gasteiger partial charge on any atom is 0.0818 e. The number of hydrogen-bond acceptors (Lipinski definition) is 5. The van der Waals surface area contributed by atoms with E-state index in [1.54, 1.807) is 0 Å². The zero-order valence-corrected chi connectivity index (χ0v) is 3.70. The van der Waals surface area contributed by atoms with Crippen LogP contribution in [0.5, 0.6) is 0 Å². The molecule has 0 heterocycles. The molecule has 0 aromatic heterocycles. The minimum absolute atomic E-state index is 0.0417. The molecule has 0 fully saturated rings. The third kappa shape index (κ3) is 5.80. The second-order valence-corrected chi connectivity index (χ2v) is 0.947. The van der Waals surface area contributed by atoms with E-state index in [0.29, 0.717) is 0 Å². The lowest BCUT2D eigenvalue weighted by Crippen LogP contribution is -2.18. The third-order valence-corrected chi connectivity index (χ3v) is 0.400. The fourth-order valence-electron chi connectivity index (χ4n) is 0.131. The molecule has 0 rings (SSSR count). The van der Waals surface area contributed by atoms with Gasteiger partial charge in [0.15, 0.2) is 0 Å². The molecule has 0 unspecified atom stereocenters. The predicted molar refractivity (Wildman–Crippen MR) is 22.0 cm³/mol. The lowest BCUT2D eigenvalue weighted by Gasteiger charge is -2.17. The molecular weight excluding hydrogens is 100 g/mol. The van der Waals surface area contributed by atoms with Crippen molar-refractivity contribution in [3.63, 3.8) is 0 Å². The van der Waals surface area contributed by atoms with Gasteiger partial charge in [0.2, 0.25) is 0 Å². The molecular formula is C2H7N2O3-. The van der Waals surface area contributed by atoms with Crippen molar-refractivity contribution in [2.24, 2.45) is 5.90 Å². The molecule has 0 saturated heterocycles. The van der Waals surface area contributed by atoms with E-state index in [9.17, 15) is 5.21 Å². The molecule has 0 aliphatic heterocycles. The monoisotopic (exact) mass is 107 g/mol. The summed E-state index contributed by atoms with van der Waals surface area (Å²) in [5, 5.41) is 17.1. The minimum atomic E-state index is -0.243. The molecule has 5 nitrogen and oxygen atoms in total. The van der Waals surface area contributed by atoms with Crippen molar-refractivity contribution in [1.29, 1.82) is 0 Å². The quantitative estimate of drug-likeness (QED) is 0.455. The van der Waals surface area contributed by atoms with Crippen LogP contribution in [-0.2, 0) is 4.84 Å². The lowest BCUT2D eigenvalue weighted by molar-refractivity contribution is -0.0590. The van der Waals surface area contributed by atoms with Crippen LogP contribution >= 0.6 is 0 Å². The van der Waals surface area contributed by atoms with Crippen LogP contribution in [0.15, 0.2) is 0 Å². The standard InChI is InChI=1S/C2H7N2O3/c3-7-2-1-4(5)6/h5H,1-3H2/q-1. The third-order valence-electron chi connectivity index (χ3n) is 0.400. The van der Waals surface area contributed by atoms with Crippen LogP contribution in [0.1, 0.15) is 0 Å². The molecule has 0 radical (unpaired) electrons. The molecule has 0 aromatic rings. The zero-order valence-electron chi connectivity index (χ0n) is 3.70. The summed E-state index contributed by atoms with van der Waals surface area (Å²) in [5.41, 5.74) is 0. The number of hydrogen-bond donors (Lipinski definition) is 2. The van der Waals surface area contributed by atoms with Crippen molar-refractivity contribution in [3.8, 4) is 0 Å². The number of nitrogens with two attached hydrogens (primary N) is 1. The first kappa shape index (κ1) is 6.80. The highest BCUT2D eigenvalue weighted by Crippen LogP contribution is 1.71. The highest BCUT2D eigenvalue weighted by molar-refractivity contribution is 4.36. The van der Waals surface area contributed by atoms with E-state index >= 15 is 0 Å². The van der Waals surface area contributed by atoms with Crippen LogP contribution in [0.3, 0.4) is 0 Å². The van der Waals surface area contributed by atoms with Gasteiger partial charge in [-0.25, -0.2) is 5.90 Å². The minimum Gasteiger partial charge on any atom is -0.762 e. The summed E-state index contributed by atoms with van der Waals surface area (Å²) in [6, 6.07) is 0. The van der Waals surface area contributed by atoms with E-state index in [1.165, 1.54) is 0 Å². The molecule has 3 N–H and O–H groups in total. The van der Waals surface area contributed by atoms with Gasteiger partial charge in [-0.1, -0.05) is 0 Å². The molecule has 0 bridgehead atoms. The topological polar surface area (TPSA) is 81.8 Å². The molecule has 0 spiro atoms. The van der Waals surface area contributed by atoms with Crippen molar-refractivity contribution < 1.29 is 10.0 Å². The van der Waals surface area contributed by atoms with Gasteiger partial charge in [-0.15, -0.1) is 0 Å². The molecule has 0 atom stereocenters. The van der Waals surface area contributed by atoms with E-state index in [4.69, 9.17) is 5.21 Å². The Morgan fingerprint density at radius 3 is 2.57 bits per heavy atom. The van der Waals surface area contributed by atoms with Gasteiger partial charge < -0.3 is 15.3 Å². The zero-order chi connectivity index (χ0) is 5.70. The van der Waals surface area contributed by atoms with Crippen LogP contribution < -0.4 is 5.90 Å². The maximum atomic E-state index is 9.54. The Labute approximate surface area is 40.8 Å². The van der Waals surface area contributed by atoms with Gasteiger partial charge in [-0.05, 0) is 0 Å². The van der Waals surface area contributed by atoms with E-state index in [0.717, 1.165) is 0 Å². The fraction of sp³-hybridized carbons (Fsp3) is 1.00. The molecule has 5 heteroatoms. The Kier molecular flexibility index (Phi) is 3.86. The lowest BCUT2D eigenvalue weighted by atomic mass is 10.7. The van der Waals surface area contributed by atoms with E-state index < -0.39 is 0 Å². The summed E-state index contributed by atoms with van der Waals surface area (Å²) in [6.07, 6.45) is 0. The number of nitrogens with zero attached hydrogens (tertiary/aromatic N) is 1. The Hall–Kier alpha value is -0.200. The van der Waals surface area contributed by atoms with Gasteiger partial charge in [0.1, 0.15) is 0 Å². The van der Waals surface area contributed by atoms with Crippen molar-refractivity contribution in [1.82, 2.24) is 5.23 Å². The normalized spacial score (nSPS) is 10.3. The van der Waals surface area contributed by atoms with E-state index in [1.807, 2.05) is 0 Å². The van der Waals surface area contributed by atoms with Crippen molar-refractivity contribution in [2.75, 3.05) is 13.2 Å². The summed E-state index contributed by atoms with van der Waals surface area (Å²) >= 11 is 0. The second kappa shape index (κ2) is 3.97. The number of hydroxylamine groups is 2. The van der Waals surface area contributed by atoms with Gasteiger partial charge in [0.25, 0.3) is 0 Å². The van der Waals surface area contributed by atoms with Gasteiger partial charge in [0.05, 0.1) is 6.61 Å². The molecule has 0 aliphatic carbocycles. The fourth-order valence-corrected chi connectivity index (χ4v) is 0.131. The first-order valence-electron chi connectivity index (χ1n) is 1.72. The van der Waals surface area contributed by atoms with Crippen molar-refractivity contribution >= 4 is 0 Å². The smallest absolute Gasteiger partial charge is 0.0818 e. The first-order chi connectivity index (χ1) is 3.27. The summed E-state index contributed by atoms with van der Waals surface area (Å²) < 4.78 is 0. The van der Waals surface area contributed by atoms with Crippen LogP contribution in [-0.4, -0.2) is 23.6 Å². The highest BCUT2D eigenvalue weighted by Gasteiger charge is 1.80. The summed E-state index contributed by atoms with van der Waals surface area (Å²) in [5.74, 6) is 4.50. The Bertz CT molecular complexity index is 39.9. The molecule has 7 heavy (non-hydrogen) atoms. The highest BCUT2D eigenvalue weighted by atomic mass is 16.8. The first-order valence-corrected chi connectivity index (χ1v) is 1.72. The van der Waals surface area contributed by atoms with Gasteiger partial charge in [-0.2, -0.15) is 0 Å². The number of rotatable bonds is 3. The largest absolute Gasteiger partial charge is 0.762 e. The summed E-state index contributed by atoms with van der Waals surface area (Å²) in [6.45, 7) is -0.0729. The SMILES string of the molecule is NOCCN([O-])O. The van der Waals surface area contributed by atoms with Gasteiger partial charge in [-0.3, -0.25) is 5.23 Å². The molecule has 44 valence electrons. The predicted octanol–water partition coefficient (Wildman–Crippen LogP) is -0.934. The Balaban J connectivity index is 2.68. The van der Waals surface area contributed by atoms with Crippen LogP contribution in [0, 0.1) is 5.21 Å². The van der Waals surface area contributed by atoms with E-state index in [-0.39, 0.29) is 18.4 Å². The molecule has 0 amide bonds. The van der Waals surface area contributed by atoms with Gasteiger partial charge >= 0.3 is 0 Å². The maximum absolute atomic E-state index is 9.54. The van der Waals surface area contributed by atoms with Crippen LogP contribution in [0.4, 0.5) is 0 Å². The van der Waals surface area contributed by atoms with Gasteiger partial charge in [0, 0.05) is 6.54 Å². The molecule has 0 saturated carbocycles. The van der Waals surface area contributed by atoms with Crippen LogP contribution in [0.25, 0.3) is 0 Å². The van der Waals surface area contributed by atoms with E-state index in [2.05, 4.69) is 10.7 Å². The van der Waals surface area contributed by atoms with Crippen molar-refractivity contribution in [3.05, 3.63) is 5.21 Å². The molecule has 0 aliphatic rings. The second-order valence-electron chi connectivity index (χ2n) is 0.947. The van der Waals surface area contributed by atoms with Crippen LogP contribution in [0.2, 0.25) is 0 Å².